The first kappa shape index (κ1) is 12.9. The fourth-order valence-electron chi connectivity index (χ4n) is 1.57. The van der Waals surface area contributed by atoms with Gasteiger partial charge in [-0.05, 0) is 31.0 Å². The van der Waals surface area contributed by atoms with Crippen molar-refractivity contribution in [3.63, 3.8) is 0 Å². The number of hydrogen-bond acceptors (Lipinski definition) is 2. The molecule has 4 heteroatoms. The molecule has 0 radical (unpaired) electrons. The van der Waals surface area contributed by atoms with Crippen LogP contribution in [-0.4, -0.2) is 26.1 Å². The monoisotopic (exact) mass is 228 g/mol. The molecule has 1 unspecified atom stereocenters. The largest absolute Gasteiger partial charge is 0.369 e. The lowest BCUT2D eigenvalue weighted by Crippen LogP contribution is -2.24. The number of hydrogen-bond donors (Lipinski definition) is 1. The van der Waals surface area contributed by atoms with E-state index in [9.17, 15) is 8.78 Å². The van der Waals surface area contributed by atoms with Crippen LogP contribution < -0.4 is 10.6 Å². The number of nitrogens with two attached hydrogens (primary N) is 1. The molecule has 0 bridgehead atoms. The van der Waals surface area contributed by atoms with Crippen LogP contribution in [0.2, 0.25) is 0 Å². The van der Waals surface area contributed by atoms with E-state index in [1.54, 1.807) is 11.9 Å². The van der Waals surface area contributed by atoms with Crippen LogP contribution in [-0.2, 0) is 6.42 Å². The van der Waals surface area contributed by atoms with Gasteiger partial charge >= 0.3 is 0 Å². The van der Waals surface area contributed by atoms with Crippen LogP contribution in [0.4, 0.5) is 14.5 Å². The second-order valence-electron chi connectivity index (χ2n) is 4.12. The Morgan fingerprint density at radius 1 is 1.25 bits per heavy atom. The van der Waals surface area contributed by atoms with Crippen LogP contribution >= 0.6 is 0 Å². The molecule has 0 amide bonds. The summed E-state index contributed by atoms with van der Waals surface area (Å²) >= 11 is 0. The summed E-state index contributed by atoms with van der Waals surface area (Å²) in [5.74, 6) is 0. The van der Waals surface area contributed by atoms with Gasteiger partial charge in [0.2, 0.25) is 0 Å². The van der Waals surface area contributed by atoms with Crippen LogP contribution in [0.1, 0.15) is 12.5 Å². The summed E-state index contributed by atoms with van der Waals surface area (Å²) in [4.78, 5) is 1.54. The van der Waals surface area contributed by atoms with Crippen molar-refractivity contribution < 1.29 is 8.78 Å². The summed E-state index contributed by atoms with van der Waals surface area (Å²) in [6, 6.07) is 7.67. The van der Waals surface area contributed by atoms with E-state index >= 15 is 0 Å². The number of anilines is 1. The van der Waals surface area contributed by atoms with Crippen molar-refractivity contribution in [1.82, 2.24) is 0 Å². The van der Waals surface area contributed by atoms with E-state index in [1.807, 2.05) is 31.2 Å². The third-order valence-electron chi connectivity index (χ3n) is 2.35. The molecule has 1 rings (SSSR count). The van der Waals surface area contributed by atoms with E-state index in [2.05, 4.69) is 0 Å². The highest BCUT2D eigenvalue weighted by atomic mass is 19.3. The van der Waals surface area contributed by atoms with Crippen molar-refractivity contribution in [2.24, 2.45) is 5.73 Å². The SMILES string of the molecule is CC(N)Cc1ccc(N(C)CC(F)F)cc1. The highest BCUT2D eigenvalue weighted by molar-refractivity contribution is 5.47. The lowest BCUT2D eigenvalue weighted by molar-refractivity contribution is 0.156. The van der Waals surface area contributed by atoms with Gasteiger partial charge in [0, 0.05) is 18.8 Å². The molecule has 0 saturated carbocycles. The number of halogens is 2. The maximum absolute atomic E-state index is 12.2. The van der Waals surface area contributed by atoms with Crippen LogP contribution in [0.15, 0.2) is 24.3 Å². The van der Waals surface area contributed by atoms with Crippen molar-refractivity contribution in [2.45, 2.75) is 25.8 Å². The molecular formula is C12H18F2N2. The smallest absolute Gasteiger partial charge is 0.255 e. The Hall–Kier alpha value is -1.16. The van der Waals surface area contributed by atoms with E-state index in [0.29, 0.717) is 0 Å². The molecule has 0 aliphatic heterocycles. The second-order valence-corrected chi connectivity index (χ2v) is 4.12. The molecule has 0 aliphatic rings. The topological polar surface area (TPSA) is 29.3 Å². The van der Waals surface area contributed by atoms with Crippen LogP contribution in [0.25, 0.3) is 0 Å². The van der Waals surface area contributed by atoms with E-state index in [4.69, 9.17) is 5.73 Å². The Morgan fingerprint density at radius 2 is 1.81 bits per heavy atom. The van der Waals surface area contributed by atoms with Gasteiger partial charge < -0.3 is 10.6 Å². The summed E-state index contributed by atoms with van der Waals surface area (Å²) in [5.41, 5.74) is 7.61. The first-order chi connectivity index (χ1) is 7.49. The maximum atomic E-state index is 12.2. The Labute approximate surface area is 95.1 Å². The number of benzene rings is 1. The highest BCUT2D eigenvalue weighted by Crippen LogP contribution is 2.15. The molecule has 0 saturated heterocycles. The van der Waals surface area contributed by atoms with Gasteiger partial charge in [0.15, 0.2) is 0 Å². The number of nitrogens with zero attached hydrogens (tertiary/aromatic N) is 1. The first-order valence-corrected chi connectivity index (χ1v) is 5.33. The van der Waals surface area contributed by atoms with Crippen molar-refractivity contribution in [1.29, 1.82) is 0 Å². The zero-order chi connectivity index (χ0) is 12.1. The highest BCUT2D eigenvalue weighted by Gasteiger charge is 2.08. The van der Waals surface area contributed by atoms with Crippen molar-refractivity contribution >= 4 is 5.69 Å². The van der Waals surface area contributed by atoms with Gasteiger partial charge in [-0.2, -0.15) is 0 Å². The average molecular weight is 228 g/mol. The molecule has 0 heterocycles. The van der Waals surface area contributed by atoms with Crippen molar-refractivity contribution in [2.75, 3.05) is 18.5 Å². The van der Waals surface area contributed by atoms with E-state index in [-0.39, 0.29) is 12.6 Å². The molecule has 0 aliphatic carbocycles. The third kappa shape index (κ3) is 4.14. The average Bonchev–Trinajstić information content (AvgIpc) is 2.16. The number of rotatable bonds is 5. The van der Waals surface area contributed by atoms with Gasteiger partial charge in [-0.15, -0.1) is 0 Å². The lowest BCUT2D eigenvalue weighted by atomic mass is 10.1. The molecule has 90 valence electrons. The molecule has 1 atom stereocenters. The fraction of sp³-hybridized carbons (Fsp3) is 0.500. The zero-order valence-electron chi connectivity index (χ0n) is 9.66. The van der Waals surface area contributed by atoms with Crippen LogP contribution in [0.5, 0.6) is 0 Å². The minimum atomic E-state index is -2.31. The minimum Gasteiger partial charge on any atom is -0.369 e. The number of alkyl halides is 2. The second kappa shape index (κ2) is 5.80. The molecule has 0 aromatic heterocycles. The molecule has 0 spiro atoms. The first-order valence-electron chi connectivity index (χ1n) is 5.33. The summed E-state index contributed by atoms with van der Waals surface area (Å²) in [6.07, 6.45) is -1.51. The van der Waals surface area contributed by atoms with Crippen LogP contribution in [0.3, 0.4) is 0 Å². The van der Waals surface area contributed by atoms with Gasteiger partial charge in [-0.3, -0.25) is 0 Å². The molecule has 16 heavy (non-hydrogen) atoms. The maximum Gasteiger partial charge on any atom is 0.255 e. The van der Waals surface area contributed by atoms with Crippen molar-refractivity contribution in [3.05, 3.63) is 29.8 Å². The minimum absolute atomic E-state index is 0.115. The predicted molar refractivity (Wildman–Crippen MR) is 63.1 cm³/mol. The van der Waals surface area contributed by atoms with Crippen molar-refractivity contribution in [3.8, 4) is 0 Å². The summed E-state index contributed by atoms with van der Waals surface area (Å²) in [6.45, 7) is 1.70. The van der Waals surface area contributed by atoms with Gasteiger partial charge in [-0.25, -0.2) is 8.78 Å². The molecule has 2 N–H and O–H groups in total. The van der Waals surface area contributed by atoms with E-state index in [1.165, 1.54) is 0 Å². The van der Waals surface area contributed by atoms with Crippen LogP contribution in [0, 0.1) is 0 Å². The van der Waals surface area contributed by atoms with Gasteiger partial charge in [0.25, 0.3) is 6.43 Å². The Kier molecular flexibility index (Phi) is 4.68. The van der Waals surface area contributed by atoms with Gasteiger partial charge in [0.05, 0.1) is 6.54 Å². The third-order valence-corrected chi connectivity index (χ3v) is 2.35. The molecule has 0 fully saturated rings. The predicted octanol–water partition coefficient (Wildman–Crippen LogP) is 2.28. The Morgan fingerprint density at radius 3 is 2.25 bits per heavy atom. The molecule has 2 nitrogen and oxygen atoms in total. The molecular weight excluding hydrogens is 210 g/mol. The van der Waals surface area contributed by atoms with E-state index in [0.717, 1.165) is 17.7 Å². The van der Waals surface area contributed by atoms with Gasteiger partial charge in [0.1, 0.15) is 0 Å². The standard InChI is InChI=1S/C12H18F2N2/c1-9(15)7-10-3-5-11(6-4-10)16(2)8-12(13)14/h3-6,9,12H,7-8,15H2,1-2H3. The molecule has 1 aromatic carbocycles. The normalized spacial score (nSPS) is 12.9. The van der Waals surface area contributed by atoms with Gasteiger partial charge in [-0.1, -0.05) is 12.1 Å². The zero-order valence-corrected chi connectivity index (χ0v) is 9.66. The Bertz CT molecular complexity index is 309. The summed E-state index contributed by atoms with van der Waals surface area (Å²) < 4.78 is 24.3. The lowest BCUT2D eigenvalue weighted by Gasteiger charge is -2.19. The molecule has 1 aromatic rings. The Balaban J connectivity index is 2.63. The quantitative estimate of drug-likeness (QED) is 0.837. The fourth-order valence-corrected chi connectivity index (χ4v) is 1.57. The summed E-state index contributed by atoms with van der Waals surface area (Å²) in [7, 11) is 1.66. The van der Waals surface area contributed by atoms with E-state index < -0.39 is 6.43 Å². The summed E-state index contributed by atoms with van der Waals surface area (Å²) in [5, 5.41) is 0.